The largest absolute Gasteiger partial charge is 0.462 e. The van der Waals surface area contributed by atoms with Crippen molar-refractivity contribution in [2.24, 2.45) is 5.92 Å². The number of esters is 1. The van der Waals surface area contributed by atoms with Gasteiger partial charge in [0.05, 0.1) is 12.2 Å². The second-order valence-electron chi connectivity index (χ2n) is 3.94. The lowest BCUT2D eigenvalue weighted by Crippen LogP contribution is -2.09. The first-order chi connectivity index (χ1) is 7.50. The number of halogens is 2. The lowest BCUT2D eigenvalue weighted by molar-refractivity contribution is 0.0487. The van der Waals surface area contributed by atoms with Crippen LogP contribution in [0.4, 0.5) is 0 Å². The highest BCUT2D eigenvalue weighted by molar-refractivity contribution is 14.1. The Hall–Kier alpha value is 0.150. The van der Waals surface area contributed by atoms with Gasteiger partial charge >= 0.3 is 5.97 Å². The quantitative estimate of drug-likeness (QED) is 0.517. The van der Waals surface area contributed by atoms with Gasteiger partial charge in [0.1, 0.15) is 0 Å². The van der Waals surface area contributed by atoms with Crippen LogP contribution in [0.3, 0.4) is 0 Å². The average molecular weight is 444 g/mol. The predicted octanol–water partition coefficient (Wildman–Crippen LogP) is 4.10. The molecule has 0 atom stereocenters. The molecule has 0 N–H and O–H groups in total. The molecule has 0 aliphatic carbocycles. The minimum absolute atomic E-state index is 0.219. The summed E-state index contributed by atoms with van der Waals surface area (Å²) in [4.78, 5) is 11.8. The molecule has 0 radical (unpaired) electrons. The molecule has 1 rings (SSSR count). The topological polar surface area (TPSA) is 26.3 Å². The maximum atomic E-state index is 11.8. The van der Waals surface area contributed by atoms with Crippen LogP contribution in [0.1, 0.15) is 30.6 Å². The first-order valence-electron chi connectivity index (χ1n) is 5.13. The third kappa shape index (κ3) is 4.57. The predicted molar refractivity (Wildman–Crippen MR) is 81.6 cm³/mol. The average Bonchev–Trinajstić information content (AvgIpc) is 2.21. The summed E-state index contributed by atoms with van der Waals surface area (Å²) in [6.07, 6.45) is 0.909. The third-order valence-corrected chi connectivity index (χ3v) is 3.69. The van der Waals surface area contributed by atoms with Crippen LogP contribution >= 0.6 is 45.2 Å². The molecular weight excluding hydrogens is 430 g/mol. The van der Waals surface area contributed by atoms with Gasteiger partial charge in [-0.25, -0.2) is 4.79 Å². The van der Waals surface area contributed by atoms with Crippen LogP contribution in [0.25, 0.3) is 0 Å². The monoisotopic (exact) mass is 444 g/mol. The van der Waals surface area contributed by atoms with Gasteiger partial charge in [-0.05, 0) is 75.7 Å². The van der Waals surface area contributed by atoms with E-state index in [0.717, 1.165) is 13.6 Å². The van der Waals surface area contributed by atoms with Crippen LogP contribution < -0.4 is 0 Å². The molecule has 0 unspecified atom stereocenters. The summed E-state index contributed by atoms with van der Waals surface area (Å²) in [5, 5.41) is 0. The van der Waals surface area contributed by atoms with Crippen molar-refractivity contribution in [3.05, 3.63) is 30.9 Å². The standard InChI is InChI=1S/C12H14I2O2/c1-8(2)5-6-16-12(15)10-7-9(13)3-4-11(10)14/h3-4,7-8H,5-6H2,1-2H3. The van der Waals surface area contributed by atoms with E-state index in [1.807, 2.05) is 18.2 Å². The van der Waals surface area contributed by atoms with Gasteiger partial charge in [0.2, 0.25) is 0 Å². The highest BCUT2D eigenvalue weighted by Gasteiger charge is 2.11. The minimum atomic E-state index is -0.219. The molecule has 0 fully saturated rings. The summed E-state index contributed by atoms with van der Waals surface area (Å²) < 4.78 is 7.22. The Morgan fingerprint density at radius 1 is 1.38 bits per heavy atom. The number of benzene rings is 1. The molecule has 0 saturated heterocycles. The zero-order valence-electron chi connectivity index (χ0n) is 9.30. The van der Waals surface area contributed by atoms with Crippen molar-refractivity contribution in [1.82, 2.24) is 0 Å². The Labute approximate surface area is 123 Å². The maximum Gasteiger partial charge on any atom is 0.339 e. The summed E-state index contributed by atoms with van der Waals surface area (Å²) in [6.45, 7) is 4.73. The Kier molecular flexibility index (Phi) is 6.02. The molecule has 0 aliphatic rings. The first kappa shape index (κ1) is 14.2. The van der Waals surface area contributed by atoms with E-state index >= 15 is 0 Å². The molecule has 0 bridgehead atoms. The van der Waals surface area contributed by atoms with Gasteiger partial charge < -0.3 is 4.74 Å². The number of ether oxygens (including phenoxy) is 1. The summed E-state index contributed by atoms with van der Waals surface area (Å²) in [6, 6.07) is 5.77. The molecular formula is C12H14I2O2. The van der Waals surface area contributed by atoms with E-state index in [9.17, 15) is 4.79 Å². The third-order valence-electron chi connectivity index (χ3n) is 2.08. The first-order valence-corrected chi connectivity index (χ1v) is 7.28. The Bertz CT molecular complexity index is 375. The minimum Gasteiger partial charge on any atom is -0.462 e. The van der Waals surface area contributed by atoms with Crippen LogP contribution in [0.5, 0.6) is 0 Å². The van der Waals surface area contributed by atoms with Crippen molar-refractivity contribution in [2.45, 2.75) is 20.3 Å². The molecule has 0 spiro atoms. The number of rotatable bonds is 4. The zero-order chi connectivity index (χ0) is 12.1. The van der Waals surface area contributed by atoms with Gasteiger partial charge in [0.15, 0.2) is 0 Å². The SMILES string of the molecule is CC(C)CCOC(=O)c1cc(I)ccc1I. The molecule has 1 aromatic carbocycles. The molecule has 1 aromatic rings. The molecule has 4 heteroatoms. The molecule has 2 nitrogen and oxygen atoms in total. The molecule has 0 saturated carbocycles. The van der Waals surface area contributed by atoms with Crippen molar-refractivity contribution in [2.75, 3.05) is 6.61 Å². The lowest BCUT2D eigenvalue weighted by atomic mass is 10.1. The van der Waals surface area contributed by atoms with Crippen molar-refractivity contribution in [3.63, 3.8) is 0 Å². The van der Waals surface area contributed by atoms with E-state index in [2.05, 4.69) is 59.0 Å². The fraction of sp³-hybridized carbons (Fsp3) is 0.417. The van der Waals surface area contributed by atoms with Crippen LogP contribution in [0.2, 0.25) is 0 Å². The molecule has 0 aromatic heterocycles. The normalized spacial score (nSPS) is 10.6. The molecule has 0 aliphatic heterocycles. The van der Waals surface area contributed by atoms with E-state index in [4.69, 9.17) is 4.74 Å². The maximum absolute atomic E-state index is 11.8. The van der Waals surface area contributed by atoms with Gasteiger partial charge in [0, 0.05) is 7.14 Å². The number of carbonyl (C=O) groups excluding carboxylic acids is 1. The molecule has 0 amide bonds. The van der Waals surface area contributed by atoms with Gasteiger partial charge in [-0.15, -0.1) is 0 Å². The van der Waals surface area contributed by atoms with Gasteiger partial charge in [-0.1, -0.05) is 13.8 Å². The van der Waals surface area contributed by atoms with Gasteiger partial charge in [0.25, 0.3) is 0 Å². The highest BCUT2D eigenvalue weighted by Crippen LogP contribution is 2.17. The van der Waals surface area contributed by atoms with Crippen LogP contribution in [-0.4, -0.2) is 12.6 Å². The number of carbonyl (C=O) groups is 1. The van der Waals surface area contributed by atoms with Gasteiger partial charge in [-0.3, -0.25) is 0 Å². The fourth-order valence-corrected chi connectivity index (χ4v) is 2.17. The van der Waals surface area contributed by atoms with E-state index in [1.165, 1.54) is 0 Å². The zero-order valence-corrected chi connectivity index (χ0v) is 13.6. The van der Waals surface area contributed by atoms with Crippen LogP contribution in [0, 0.1) is 13.1 Å². The Balaban J connectivity index is 2.62. The summed E-state index contributed by atoms with van der Waals surface area (Å²) >= 11 is 4.35. The highest BCUT2D eigenvalue weighted by atomic mass is 127. The van der Waals surface area contributed by atoms with Crippen LogP contribution in [-0.2, 0) is 4.74 Å². The summed E-state index contributed by atoms with van der Waals surface area (Å²) in [5.41, 5.74) is 0.663. The van der Waals surface area contributed by atoms with Crippen molar-refractivity contribution in [1.29, 1.82) is 0 Å². The second kappa shape index (κ2) is 6.78. The molecule has 0 heterocycles. The van der Waals surface area contributed by atoms with Gasteiger partial charge in [-0.2, -0.15) is 0 Å². The second-order valence-corrected chi connectivity index (χ2v) is 6.35. The Morgan fingerprint density at radius 3 is 2.69 bits per heavy atom. The van der Waals surface area contributed by atoms with E-state index < -0.39 is 0 Å². The van der Waals surface area contributed by atoms with Crippen molar-refractivity contribution in [3.8, 4) is 0 Å². The fourth-order valence-electron chi connectivity index (χ4n) is 1.12. The summed E-state index contributed by atoms with van der Waals surface area (Å²) in [5.74, 6) is 0.339. The smallest absolute Gasteiger partial charge is 0.339 e. The summed E-state index contributed by atoms with van der Waals surface area (Å²) in [7, 11) is 0. The van der Waals surface area contributed by atoms with Crippen molar-refractivity contribution < 1.29 is 9.53 Å². The van der Waals surface area contributed by atoms with Crippen LogP contribution in [0.15, 0.2) is 18.2 Å². The van der Waals surface area contributed by atoms with E-state index in [0.29, 0.717) is 18.1 Å². The van der Waals surface area contributed by atoms with E-state index in [1.54, 1.807) is 0 Å². The molecule has 16 heavy (non-hydrogen) atoms. The number of hydrogen-bond acceptors (Lipinski definition) is 2. The number of hydrogen-bond donors (Lipinski definition) is 0. The van der Waals surface area contributed by atoms with E-state index in [-0.39, 0.29) is 5.97 Å². The molecule has 88 valence electrons. The van der Waals surface area contributed by atoms with Crippen molar-refractivity contribution >= 4 is 51.2 Å². The Morgan fingerprint density at radius 2 is 2.06 bits per heavy atom. The lowest BCUT2D eigenvalue weighted by Gasteiger charge is -2.08.